The average Bonchev–Trinajstić information content (AvgIpc) is 3.32. The number of hydrogen-bond donors (Lipinski definition) is 0. The van der Waals surface area contributed by atoms with Crippen LogP contribution in [0.4, 0.5) is 5.69 Å². The molecule has 25 heavy (non-hydrogen) atoms. The number of amides is 1. The second kappa shape index (κ2) is 6.12. The predicted molar refractivity (Wildman–Crippen MR) is 89.0 cm³/mol. The summed E-state index contributed by atoms with van der Waals surface area (Å²) in [5, 5.41) is 8.01. The lowest BCUT2D eigenvalue weighted by Crippen LogP contribution is -2.25. The summed E-state index contributed by atoms with van der Waals surface area (Å²) in [6, 6.07) is 6.00. The van der Waals surface area contributed by atoms with E-state index in [-0.39, 0.29) is 11.8 Å². The quantitative estimate of drug-likeness (QED) is 0.721. The van der Waals surface area contributed by atoms with Crippen molar-refractivity contribution in [2.24, 2.45) is 0 Å². The molecule has 0 N–H and O–H groups in total. The molecule has 3 heterocycles. The van der Waals surface area contributed by atoms with Crippen LogP contribution in [0.25, 0.3) is 0 Å². The van der Waals surface area contributed by atoms with Gasteiger partial charge in [-0.25, -0.2) is 9.67 Å². The second-order valence-corrected chi connectivity index (χ2v) is 6.27. The Bertz CT molecular complexity index is 902. The van der Waals surface area contributed by atoms with Gasteiger partial charge in [-0.15, -0.1) is 0 Å². The normalized spacial score (nSPS) is 17.4. The molecule has 1 fully saturated rings. The number of aromatic nitrogens is 5. The van der Waals surface area contributed by atoms with Crippen molar-refractivity contribution in [2.45, 2.75) is 32.7 Å². The molecule has 0 saturated carbocycles. The van der Waals surface area contributed by atoms with Crippen LogP contribution in [-0.4, -0.2) is 37.4 Å². The summed E-state index contributed by atoms with van der Waals surface area (Å²) in [6.07, 6.45) is 3.43. The fourth-order valence-corrected chi connectivity index (χ4v) is 3.09. The van der Waals surface area contributed by atoms with E-state index < -0.39 is 0 Å². The van der Waals surface area contributed by atoms with Crippen molar-refractivity contribution in [1.82, 2.24) is 24.9 Å². The number of carbonyl (C=O) groups excluding carboxylic acids is 1. The van der Waals surface area contributed by atoms with Crippen molar-refractivity contribution >= 4 is 11.6 Å². The summed E-state index contributed by atoms with van der Waals surface area (Å²) in [4.78, 5) is 22.6. The highest BCUT2D eigenvalue weighted by Gasteiger charge is 2.35. The fraction of sp³-hybridized carbons (Fsp3) is 0.353. The van der Waals surface area contributed by atoms with Gasteiger partial charge in [0.2, 0.25) is 11.8 Å². The van der Waals surface area contributed by atoms with Crippen LogP contribution in [0.15, 0.2) is 35.4 Å². The highest BCUT2D eigenvalue weighted by atomic mass is 16.5. The summed E-state index contributed by atoms with van der Waals surface area (Å²) in [5.74, 6) is 1.01. The van der Waals surface area contributed by atoms with Gasteiger partial charge in [-0.1, -0.05) is 17.3 Å². The first kappa shape index (κ1) is 15.5. The third-order valence-electron chi connectivity index (χ3n) is 4.59. The SMILES string of the molecule is Cc1cccc(N2CC(c3nc(Cn4cncn4)no3)CC2=O)c1C. The molecule has 128 valence electrons. The third kappa shape index (κ3) is 2.90. The molecule has 4 rings (SSSR count). The Morgan fingerprint density at radius 3 is 3.00 bits per heavy atom. The Labute approximate surface area is 144 Å². The molecule has 1 saturated heterocycles. The van der Waals surface area contributed by atoms with Gasteiger partial charge in [-0.05, 0) is 31.0 Å². The van der Waals surface area contributed by atoms with Gasteiger partial charge in [0.25, 0.3) is 0 Å². The van der Waals surface area contributed by atoms with Gasteiger partial charge in [0.05, 0.1) is 5.92 Å². The van der Waals surface area contributed by atoms with Crippen LogP contribution in [0, 0.1) is 13.8 Å². The third-order valence-corrected chi connectivity index (χ3v) is 4.59. The van der Waals surface area contributed by atoms with Crippen molar-refractivity contribution in [3.63, 3.8) is 0 Å². The first-order valence-electron chi connectivity index (χ1n) is 8.13. The predicted octanol–water partition coefficient (Wildman–Crippen LogP) is 1.85. The molecule has 8 heteroatoms. The molecule has 3 aromatic rings. The highest BCUT2D eigenvalue weighted by molar-refractivity contribution is 5.97. The number of aryl methyl sites for hydroxylation is 1. The van der Waals surface area contributed by atoms with E-state index in [9.17, 15) is 4.79 Å². The van der Waals surface area contributed by atoms with Gasteiger partial charge in [-0.2, -0.15) is 10.1 Å². The van der Waals surface area contributed by atoms with E-state index >= 15 is 0 Å². The van der Waals surface area contributed by atoms with Crippen molar-refractivity contribution in [3.05, 3.63) is 53.7 Å². The maximum absolute atomic E-state index is 12.5. The lowest BCUT2D eigenvalue weighted by Gasteiger charge is -2.19. The molecule has 0 spiro atoms. The summed E-state index contributed by atoms with van der Waals surface area (Å²) in [6.45, 7) is 5.03. The van der Waals surface area contributed by atoms with E-state index in [4.69, 9.17) is 4.52 Å². The van der Waals surface area contributed by atoms with Crippen LogP contribution >= 0.6 is 0 Å². The van der Waals surface area contributed by atoms with E-state index in [2.05, 4.69) is 20.2 Å². The van der Waals surface area contributed by atoms with Crippen LogP contribution in [0.2, 0.25) is 0 Å². The van der Waals surface area contributed by atoms with Crippen LogP contribution in [-0.2, 0) is 11.3 Å². The molecule has 0 aliphatic carbocycles. The summed E-state index contributed by atoms with van der Waals surface area (Å²) >= 11 is 0. The Hall–Kier alpha value is -3.03. The summed E-state index contributed by atoms with van der Waals surface area (Å²) < 4.78 is 7.00. The maximum Gasteiger partial charge on any atom is 0.232 e. The summed E-state index contributed by atoms with van der Waals surface area (Å²) in [5.41, 5.74) is 3.24. The molecule has 1 aliphatic rings. The molecule has 1 unspecified atom stereocenters. The minimum Gasteiger partial charge on any atom is -0.339 e. The van der Waals surface area contributed by atoms with E-state index in [0.29, 0.717) is 31.2 Å². The molecule has 8 nitrogen and oxygen atoms in total. The monoisotopic (exact) mass is 338 g/mol. The molecule has 1 aromatic carbocycles. The Kier molecular flexibility index (Phi) is 3.79. The molecule has 0 bridgehead atoms. The minimum atomic E-state index is -0.0931. The van der Waals surface area contributed by atoms with Crippen molar-refractivity contribution in [1.29, 1.82) is 0 Å². The van der Waals surface area contributed by atoms with Gasteiger partial charge < -0.3 is 9.42 Å². The van der Waals surface area contributed by atoms with E-state index in [1.165, 1.54) is 11.9 Å². The van der Waals surface area contributed by atoms with Crippen molar-refractivity contribution < 1.29 is 9.32 Å². The van der Waals surface area contributed by atoms with E-state index in [1.54, 1.807) is 11.0 Å². The van der Waals surface area contributed by atoms with Gasteiger partial charge >= 0.3 is 0 Å². The van der Waals surface area contributed by atoms with Crippen LogP contribution < -0.4 is 4.90 Å². The number of rotatable bonds is 4. The summed E-state index contributed by atoms with van der Waals surface area (Å²) in [7, 11) is 0. The standard InChI is InChI=1S/C17H18N6O2/c1-11-4-3-5-14(12(11)2)23-7-13(6-16(23)24)17-20-15(21-25-17)8-22-10-18-9-19-22/h3-5,9-10,13H,6-8H2,1-2H3. The van der Waals surface area contributed by atoms with Crippen molar-refractivity contribution in [3.8, 4) is 0 Å². The Balaban J connectivity index is 1.52. The lowest BCUT2D eigenvalue weighted by atomic mass is 10.1. The van der Waals surface area contributed by atoms with E-state index in [1.807, 2.05) is 36.9 Å². The number of carbonyl (C=O) groups is 1. The topological polar surface area (TPSA) is 89.9 Å². The smallest absolute Gasteiger partial charge is 0.232 e. The molecule has 1 amide bonds. The molecule has 0 radical (unpaired) electrons. The molecular formula is C17H18N6O2. The Morgan fingerprint density at radius 2 is 2.20 bits per heavy atom. The number of benzene rings is 1. The van der Waals surface area contributed by atoms with Crippen LogP contribution in [0.1, 0.15) is 35.2 Å². The zero-order valence-corrected chi connectivity index (χ0v) is 14.1. The zero-order valence-electron chi connectivity index (χ0n) is 14.1. The van der Waals surface area contributed by atoms with Crippen LogP contribution in [0.3, 0.4) is 0 Å². The van der Waals surface area contributed by atoms with Crippen LogP contribution in [0.5, 0.6) is 0 Å². The molecule has 1 atom stereocenters. The van der Waals surface area contributed by atoms with Gasteiger partial charge in [-0.3, -0.25) is 4.79 Å². The first-order valence-corrected chi connectivity index (χ1v) is 8.13. The molecular weight excluding hydrogens is 320 g/mol. The van der Waals surface area contributed by atoms with Gasteiger partial charge in [0.1, 0.15) is 19.2 Å². The fourth-order valence-electron chi connectivity index (χ4n) is 3.09. The number of anilines is 1. The largest absolute Gasteiger partial charge is 0.339 e. The van der Waals surface area contributed by atoms with E-state index in [0.717, 1.165) is 11.3 Å². The van der Waals surface area contributed by atoms with Gasteiger partial charge in [0.15, 0.2) is 5.82 Å². The second-order valence-electron chi connectivity index (χ2n) is 6.27. The lowest BCUT2D eigenvalue weighted by molar-refractivity contribution is -0.117. The highest BCUT2D eigenvalue weighted by Crippen LogP contribution is 2.33. The van der Waals surface area contributed by atoms with Crippen molar-refractivity contribution in [2.75, 3.05) is 11.4 Å². The average molecular weight is 338 g/mol. The first-order chi connectivity index (χ1) is 12.1. The number of hydrogen-bond acceptors (Lipinski definition) is 6. The van der Waals surface area contributed by atoms with Gasteiger partial charge in [0, 0.05) is 18.7 Å². The molecule has 1 aliphatic heterocycles. The number of nitrogens with zero attached hydrogens (tertiary/aromatic N) is 6. The maximum atomic E-state index is 12.5. The molecule has 2 aromatic heterocycles. The zero-order chi connectivity index (χ0) is 17.4. The minimum absolute atomic E-state index is 0.0785. The Morgan fingerprint density at radius 1 is 1.32 bits per heavy atom.